The monoisotopic (exact) mass is 424 g/mol. The number of pyridine rings is 2. The Hall–Kier alpha value is -3.04. The lowest BCUT2D eigenvalue weighted by molar-refractivity contribution is 0.186. The molecule has 0 radical (unpaired) electrons. The number of fused-ring (bicyclic) bond motifs is 2. The van der Waals surface area contributed by atoms with Crippen molar-refractivity contribution in [3.05, 3.63) is 30.6 Å². The SMILES string of the molecule is CC(O)CCN(CCN)c1nc(-c2c[nH]c3ncccc23)cc2nnn(C)c12.CCC. The fourth-order valence-corrected chi connectivity index (χ4v) is 3.41. The summed E-state index contributed by atoms with van der Waals surface area (Å²) in [6.07, 6.45) is 5.14. The Balaban J connectivity index is 0.000000858. The second-order valence-electron chi connectivity index (χ2n) is 7.63. The Bertz CT molecular complexity index is 1120. The van der Waals surface area contributed by atoms with Gasteiger partial charge >= 0.3 is 0 Å². The minimum absolute atomic E-state index is 0.400. The molecule has 0 spiro atoms. The average Bonchev–Trinajstić information content (AvgIpc) is 3.35. The summed E-state index contributed by atoms with van der Waals surface area (Å²) in [4.78, 5) is 14.6. The van der Waals surface area contributed by atoms with E-state index < -0.39 is 6.10 Å². The second-order valence-corrected chi connectivity index (χ2v) is 7.63. The van der Waals surface area contributed by atoms with Crippen LogP contribution in [-0.4, -0.2) is 60.8 Å². The van der Waals surface area contributed by atoms with Gasteiger partial charge in [0.25, 0.3) is 0 Å². The number of aliphatic hydroxyl groups excluding tert-OH is 1. The number of aryl methyl sites for hydroxylation is 1. The molecule has 0 saturated heterocycles. The van der Waals surface area contributed by atoms with Crippen LogP contribution in [0.3, 0.4) is 0 Å². The van der Waals surface area contributed by atoms with Gasteiger partial charge in [0.05, 0.1) is 11.8 Å². The van der Waals surface area contributed by atoms with Gasteiger partial charge in [-0.15, -0.1) is 5.10 Å². The number of nitrogens with two attached hydrogens (primary N) is 1. The Labute approximate surface area is 182 Å². The number of nitrogens with one attached hydrogen (secondary N) is 1. The van der Waals surface area contributed by atoms with Gasteiger partial charge in [0.15, 0.2) is 5.82 Å². The van der Waals surface area contributed by atoms with Gasteiger partial charge in [0, 0.05) is 50.0 Å². The van der Waals surface area contributed by atoms with Crippen LogP contribution in [0.1, 0.15) is 33.6 Å². The van der Waals surface area contributed by atoms with Gasteiger partial charge in [0.1, 0.15) is 16.7 Å². The van der Waals surface area contributed by atoms with Crippen LogP contribution in [-0.2, 0) is 7.05 Å². The fourth-order valence-electron chi connectivity index (χ4n) is 3.41. The third-order valence-corrected chi connectivity index (χ3v) is 4.81. The largest absolute Gasteiger partial charge is 0.393 e. The molecule has 0 bridgehead atoms. The molecule has 1 atom stereocenters. The molecule has 4 N–H and O–H groups in total. The number of anilines is 1. The van der Waals surface area contributed by atoms with Crippen LogP contribution in [0.4, 0.5) is 5.82 Å². The number of H-pyrrole nitrogens is 1. The van der Waals surface area contributed by atoms with Gasteiger partial charge < -0.3 is 20.7 Å². The number of aliphatic hydroxyl groups is 1. The quantitative estimate of drug-likeness (QED) is 0.417. The lowest BCUT2D eigenvalue weighted by Crippen LogP contribution is -2.33. The molecule has 1 unspecified atom stereocenters. The molecule has 0 amide bonds. The highest BCUT2D eigenvalue weighted by Gasteiger charge is 2.20. The van der Waals surface area contributed by atoms with Crippen LogP contribution in [0.5, 0.6) is 0 Å². The Morgan fingerprint density at radius 1 is 1.29 bits per heavy atom. The van der Waals surface area contributed by atoms with Gasteiger partial charge in [-0.25, -0.2) is 14.6 Å². The summed E-state index contributed by atoms with van der Waals surface area (Å²) in [6.45, 7) is 7.78. The van der Waals surface area contributed by atoms with Crippen molar-refractivity contribution < 1.29 is 5.11 Å². The zero-order valence-corrected chi connectivity index (χ0v) is 18.7. The van der Waals surface area contributed by atoms with Gasteiger partial charge in [0.2, 0.25) is 0 Å². The predicted octanol–water partition coefficient (Wildman–Crippen LogP) is 2.86. The zero-order chi connectivity index (χ0) is 22.4. The minimum atomic E-state index is -0.400. The number of nitrogens with zero attached hydrogens (tertiary/aromatic N) is 6. The average molecular weight is 425 g/mol. The van der Waals surface area contributed by atoms with E-state index in [4.69, 9.17) is 10.7 Å². The molecule has 4 heterocycles. The summed E-state index contributed by atoms with van der Waals surface area (Å²) >= 11 is 0. The van der Waals surface area contributed by atoms with Crippen molar-refractivity contribution in [2.45, 2.75) is 39.7 Å². The molecule has 31 heavy (non-hydrogen) atoms. The number of hydrogen-bond donors (Lipinski definition) is 3. The first-order valence-electron chi connectivity index (χ1n) is 10.8. The highest BCUT2D eigenvalue weighted by Crippen LogP contribution is 2.32. The third-order valence-electron chi connectivity index (χ3n) is 4.81. The standard InChI is InChI=1S/C19H24N8O.C3H8/c1-12(28)5-8-27(9-6-20)19-17-16(24-25-26(17)2)10-15(23-19)14-11-22-18-13(14)4-3-7-21-18;1-3-2/h3-4,7,10-12,28H,5-6,8-9,20H2,1-2H3,(H,21,22);3H2,1-2H3. The molecular weight excluding hydrogens is 392 g/mol. The first kappa shape index (κ1) is 22.6. The van der Waals surface area contributed by atoms with E-state index in [1.807, 2.05) is 31.4 Å². The van der Waals surface area contributed by atoms with Crippen LogP contribution >= 0.6 is 0 Å². The predicted molar refractivity (Wildman–Crippen MR) is 125 cm³/mol. The summed E-state index contributed by atoms with van der Waals surface area (Å²) in [5, 5.41) is 19.2. The van der Waals surface area contributed by atoms with E-state index in [-0.39, 0.29) is 0 Å². The number of aromatic amines is 1. The molecule has 0 aromatic carbocycles. The van der Waals surface area contributed by atoms with Crippen molar-refractivity contribution >= 4 is 27.9 Å². The molecule has 0 saturated carbocycles. The molecule has 0 aliphatic rings. The molecule has 4 aromatic heterocycles. The van der Waals surface area contributed by atoms with Crippen molar-refractivity contribution in [3.8, 4) is 11.3 Å². The van der Waals surface area contributed by atoms with Gasteiger partial charge in [-0.05, 0) is 31.5 Å². The van der Waals surface area contributed by atoms with Crippen molar-refractivity contribution in [1.82, 2.24) is 29.9 Å². The smallest absolute Gasteiger partial charge is 0.157 e. The summed E-state index contributed by atoms with van der Waals surface area (Å²) in [7, 11) is 1.85. The maximum Gasteiger partial charge on any atom is 0.157 e. The van der Waals surface area contributed by atoms with Gasteiger partial charge in [-0.3, -0.25) is 0 Å². The zero-order valence-electron chi connectivity index (χ0n) is 18.7. The molecule has 166 valence electrons. The first-order valence-corrected chi connectivity index (χ1v) is 10.8. The van der Waals surface area contributed by atoms with E-state index in [1.165, 1.54) is 6.42 Å². The molecule has 0 aliphatic heterocycles. The number of hydrogen-bond acceptors (Lipinski definition) is 7. The van der Waals surface area contributed by atoms with Crippen LogP contribution < -0.4 is 10.6 Å². The van der Waals surface area contributed by atoms with E-state index in [0.717, 1.165) is 39.1 Å². The summed E-state index contributed by atoms with van der Waals surface area (Å²) in [6, 6.07) is 5.86. The van der Waals surface area contributed by atoms with Crippen molar-refractivity contribution in [2.24, 2.45) is 12.8 Å². The summed E-state index contributed by atoms with van der Waals surface area (Å²) < 4.78 is 1.73. The highest BCUT2D eigenvalue weighted by atomic mass is 16.3. The lowest BCUT2D eigenvalue weighted by Gasteiger charge is -2.25. The molecular formula is C22H32N8O. The fraction of sp³-hybridized carbons (Fsp3) is 0.455. The minimum Gasteiger partial charge on any atom is -0.393 e. The van der Waals surface area contributed by atoms with Crippen LogP contribution in [0.15, 0.2) is 30.6 Å². The van der Waals surface area contributed by atoms with Crippen molar-refractivity contribution in [3.63, 3.8) is 0 Å². The topological polar surface area (TPSA) is 122 Å². The number of aromatic nitrogens is 6. The number of rotatable bonds is 7. The van der Waals surface area contributed by atoms with E-state index in [1.54, 1.807) is 17.8 Å². The van der Waals surface area contributed by atoms with E-state index in [0.29, 0.717) is 26.1 Å². The maximum atomic E-state index is 9.75. The lowest BCUT2D eigenvalue weighted by atomic mass is 10.1. The van der Waals surface area contributed by atoms with E-state index in [9.17, 15) is 5.11 Å². The Kier molecular flexibility index (Phi) is 7.54. The normalized spacial score (nSPS) is 12.1. The van der Waals surface area contributed by atoms with E-state index >= 15 is 0 Å². The van der Waals surface area contributed by atoms with Gasteiger partial charge in [-0.1, -0.05) is 25.5 Å². The molecule has 4 aromatic rings. The molecule has 0 fully saturated rings. The first-order chi connectivity index (χ1) is 15.0. The Morgan fingerprint density at radius 3 is 2.77 bits per heavy atom. The van der Waals surface area contributed by atoms with Crippen LogP contribution in [0.2, 0.25) is 0 Å². The molecule has 4 rings (SSSR count). The van der Waals surface area contributed by atoms with Crippen molar-refractivity contribution in [1.29, 1.82) is 0 Å². The highest BCUT2D eigenvalue weighted by molar-refractivity contribution is 5.96. The van der Waals surface area contributed by atoms with Crippen LogP contribution in [0, 0.1) is 0 Å². The van der Waals surface area contributed by atoms with Crippen LogP contribution in [0.25, 0.3) is 33.3 Å². The second kappa shape index (κ2) is 10.3. The Morgan fingerprint density at radius 2 is 2.06 bits per heavy atom. The molecule has 0 aliphatic carbocycles. The summed E-state index contributed by atoms with van der Waals surface area (Å²) in [5.74, 6) is 0.768. The third kappa shape index (κ3) is 5.00. The summed E-state index contributed by atoms with van der Waals surface area (Å²) in [5.41, 5.74) is 10.0. The van der Waals surface area contributed by atoms with Crippen molar-refractivity contribution in [2.75, 3.05) is 24.5 Å². The van der Waals surface area contributed by atoms with Gasteiger partial charge in [-0.2, -0.15) is 0 Å². The maximum absolute atomic E-state index is 9.75. The molecule has 9 nitrogen and oxygen atoms in total. The van der Waals surface area contributed by atoms with E-state index in [2.05, 4.69) is 39.0 Å². The molecule has 9 heteroatoms.